The topological polar surface area (TPSA) is 65.7 Å². The number of nitrogens with zero attached hydrogens (tertiary/aromatic N) is 5. The van der Waals surface area contributed by atoms with Crippen LogP contribution < -0.4 is 4.90 Å². The number of rotatable bonds is 5. The van der Waals surface area contributed by atoms with Crippen molar-refractivity contribution in [1.82, 2.24) is 20.0 Å². The Morgan fingerprint density at radius 1 is 1.03 bits per heavy atom. The smallest absolute Gasteiger partial charge is 0.236 e. The van der Waals surface area contributed by atoms with E-state index in [0.29, 0.717) is 18.4 Å². The van der Waals surface area contributed by atoms with Crippen LogP contribution in [0.4, 0.5) is 5.69 Å². The molecule has 7 nitrogen and oxygen atoms in total. The van der Waals surface area contributed by atoms with Gasteiger partial charge in [0.2, 0.25) is 17.7 Å². The molecule has 2 aromatic rings. The quantitative estimate of drug-likeness (QED) is 0.773. The largest absolute Gasteiger partial charge is 0.425 e. The van der Waals surface area contributed by atoms with Gasteiger partial charge in [0.1, 0.15) is 0 Å². The predicted molar refractivity (Wildman–Crippen MR) is 112 cm³/mol. The van der Waals surface area contributed by atoms with E-state index in [1.54, 1.807) is 0 Å². The lowest BCUT2D eigenvalue weighted by molar-refractivity contribution is -0.133. The van der Waals surface area contributed by atoms with Gasteiger partial charge in [0.05, 0.1) is 6.54 Å². The Hall–Kier alpha value is -2.41. The van der Waals surface area contributed by atoms with E-state index in [4.69, 9.17) is 4.42 Å². The number of anilines is 1. The molecule has 0 atom stereocenters. The lowest BCUT2D eigenvalue weighted by atomic mass is 9.97. The lowest BCUT2D eigenvalue weighted by Gasteiger charge is -2.37. The molecule has 2 fully saturated rings. The van der Waals surface area contributed by atoms with Gasteiger partial charge in [-0.2, -0.15) is 0 Å². The van der Waals surface area contributed by atoms with E-state index < -0.39 is 0 Å². The standard InChI is InChI=1S/C22H31N5O2/c1-17(2)21-23-24-22(29-21)18-8-10-25(11-9-18)16-20(28)27-14-12-26(13-15-27)19-6-4-3-5-7-19/h3-7,17-18H,8-16H2,1-2H3. The van der Waals surface area contributed by atoms with Crippen molar-refractivity contribution in [3.63, 3.8) is 0 Å². The normalized spacial score (nSPS) is 19.1. The van der Waals surface area contributed by atoms with E-state index in [-0.39, 0.29) is 11.8 Å². The summed E-state index contributed by atoms with van der Waals surface area (Å²) in [7, 11) is 0. The van der Waals surface area contributed by atoms with E-state index in [1.807, 2.05) is 11.0 Å². The van der Waals surface area contributed by atoms with Gasteiger partial charge in [-0.1, -0.05) is 32.0 Å². The molecule has 1 amide bonds. The Balaban J connectivity index is 1.22. The average Bonchev–Trinajstić information content (AvgIpc) is 3.26. The monoisotopic (exact) mass is 397 g/mol. The molecular weight excluding hydrogens is 366 g/mol. The number of carbonyl (C=O) groups excluding carboxylic acids is 1. The van der Waals surface area contributed by atoms with Crippen LogP contribution in [0, 0.1) is 0 Å². The van der Waals surface area contributed by atoms with Gasteiger partial charge in [0.25, 0.3) is 0 Å². The molecule has 0 aliphatic carbocycles. The van der Waals surface area contributed by atoms with Crippen molar-refractivity contribution in [2.75, 3.05) is 50.7 Å². The first kappa shape index (κ1) is 19.9. The maximum absolute atomic E-state index is 12.8. The summed E-state index contributed by atoms with van der Waals surface area (Å²) in [5.41, 5.74) is 1.24. The fourth-order valence-electron chi connectivity index (χ4n) is 4.13. The first-order valence-corrected chi connectivity index (χ1v) is 10.7. The van der Waals surface area contributed by atoms with Crippen molar-refractivity contribution in [2.45, 2.75) is 38.5 Å². The maximum Gasteiger partial charge on any atom is 0.236 e. The molecule has 4 rings (SSSR count). The van der Waals surface area contributed by atoms with Crippen LogP contribution in [0.2, 0.25) is 0 Å². The highest BCUT2D eigenvalue weighted by molar-refractivity contribution is 5.78. The summed E-state index contributed by atoms with van der Waals surface area (Å²) in [6, 6.07) is 10.4. The molecule has 156 valence electrons. The number of piperazine rings is 1. The fraction of sp³-hybridized carbons (Fsp3) is 0.591. The van der Waals surface area contributed by atoms with Gasteiger partial charge in [-0.25, -0.2) is 0 Å². The van der Waals surface area contributed by atoms with E-state index in [9.17, 15) is 4.79 Å². The minimum Gasteiger partial charge on any atom is -0.425 e. The Labute approximate surface area is 172 Å². The zero-order valence-electron chi connectivity index (χ0n) is 17.5. The molecule has 1 aromatic carbocycles. The van der Waals surface area contributed by atoms with Crippen LogP contribution in [-0.2, 0) is 4.79 Å². The SMILES string of the molecule is CC(C)c1nnc(C2CCN(CC(=O)N3CCN(c4ccccc4)CC3)CC2)o1. The van der Waals surface area contributed by atoms with Gasteiger partial charge >= 0.3 is 0 Å². The second-order valence-electron chi connectivity index (χ2n) is 8.39. The highest BCUT2D eigenvalue weighted by Gasteiger charge is 2.28. The number of aromatic nitrogens is 2. The van der Waals surface area contributed by atoms with Crippen molar-refractivity contribution in [2.24, 2.45) is 0 Å². The Morgan fingerprint density at radius 3 is 2.34 bits per heavy atom. The van der Waals surface area contributed by atoms with Gasteiger partial charge in [-0.15, -0.1) is 10.2 Å². The summed E-state index contributed by atoms with van der Waals surface area (Å²) < 4.78 is 5.82. The molecule has 29 heavy (non-hydrogen) atoms. The number of likely N-dealkylation sites (tertiary alicyclic amines) is 1. The van der Waals surface area contributed by atoms with E-state index >= 15 is 0 Å². The van der Waals surface area contributed by atoms with Gasteiger partial charge < -0.3 is 14.2 Å². The van der Waals surface area contributed by atoms with Crippen molar-refractivity contribution in [1.29, 1.82) is 0 Å². The Kier molecular flexibility index (Phi) is 6.13. The number of carbonyl (C=O) groups is 1. The van der Waals surface area contributed by atoms with Crippen LogP contribution in [-0.4, -0.2) is 71.7 Å². The summed E-state index contributed by atoms with van der Waals surface area (Å²) in [4.78, 5) is 19.4. The van der Waals surface area contributed by atoms with Gasteiger partial charge in [-0.05, 0) is 38.1 Å². The molecule has 1 aromatic heterocycles. The first-order chi connectivity index (χ1) is 14.1. The molecule has 0 spiro atoms. The minimum atomic E-state index is 0.246. The molecule has 2 saturated heterocycles. The van der Waals surface area contributed by atoms with Crippen LogP contribution in [0.3, 0.4) is 0 Å². The van der Waals surface area contributed by atoms with Crippen LogP contribution in [0.1, 0.15) is 50.3 Å². The molecule has 2 aliphatic heterocycles. The molecule has 0 bridgehead atoms. The third kappa shape index (κ3) is 4.78. The summed E-state index contributed by atoms with van der Waals surface area (Å²) in [5.74, 6) is 2.30. The molecule has 0 N–H and O–H groups in total. The molecule has 2 aliphatic rings. The highest BCUT2D eigenvalue weighted by atomic mass is 16.4. The molecule has 0 radical (unpaired) electrons. The summed E-state index contributed by atoms with van der Waals surface area (Å²) in [6.07, 6.45) is 1.93. The zero-order chi connectivity index (χ0) is 20.2. The molecule has 0 saturated carbocycles. The second kappa shape index (κ2) is 8.95. The van der Waals surface area contributed by atoms with Crippen LogP contribution in [0.15, 0.2) is 34.7 Å². The third-order valence-corrected chi connectivity index (χ3v) is 6.00. The van der Waals surface area contributed by atoms with Crippen LogP contribution >= 0.6 is 0 Å². The minimum absolute atomic E-state index is 0.246. The van der Waals surface area contributed by atoms with Crippen LogP contribution in [0.5, 0.6) is 0 Å². The Morgan fingerprint density at radius 2 is 1.72 bits per heavy atom. The predicted octanol–water partition coefficient (Wildman–Crippen LogP) is 2.72. The number of benzene rings is 1. The van der Waals surface area contributed by atoms with Crippen molar-refractivity contribution >= 4 is 11.6 Å². The van der Waals surface area contributed by atoms with Gasteiger partial charge in [0.15, 0.2) is 0 Å². The molecule has 3 heterocycles. The summed E-state index contributed by atoms with van der Waals surface area (Å²) in [6.45, 7) is 9.82. The Bertz CT molecular complexity index is 791. The fourth-order valence-corrected chi connectivity index (χ4v) is 4.13. The lowest BCUT2D eigenvalue weighted by Crippen LogP contribution is -2.51. The van der Waals surface area contributed by atoms with Crippen molar-refractivity contribution < 1.29 is 9.21 Å². The van der Waals surface area contributed by atoms with Gasteiger partial charge in [-0.3, -0.25) is 9.69 Å². The maximum atomic E-state index is 12.8. The first-order valence-electron chi connectivity index (χ1n) is 10.7. The highest BCUT2D eigenvalue weighted by Crippen LogP contribution is 2.28. The molecule has 0 unspecified atom stereocenters. The van der Waals surface area contributed by atoms with E-state index in [0.717, 1.165) is 58.0 Å². The number of para-hydroxylation sites is 1. The van der Waals surface area contributed by atoms with Crippen molar-refractivity contribution in [3.05, 3.63) is 42.1 Å². The number of amides is 1. The van der Waals surface area contributed by atoms with Gasteiger partial charge in [0, 0.05) is 43.7 Å². The molecule has 7 heteroatoms. The average molecular weight is 398 g/mol. The van der Waals surface area contributed by atoms with E-state index in [2.05, 4.69) is 58.1 Å². The number of piperidine rings is 1. The summed E-state index contributed by atoms with van der Waals surface area (Å²) >= 11 is 0. The zero-order valence-corrected chi connectivity index (χ0v) is 17.5. The van der Waals surface area contributed by atoms with Crippen molar-refractivity contribution in [3.8, 4) is 0 Å². The van der Waals surface area contributed by atoms with E-state index in [1.165, 1.54) is 5.69 Å². The third-order valence-electron chi connectivity index (χ3n) is 6.00. The summed E-state index contributed by atoms with van der Waals surface area (Å²) in [5, 5.41) is 8.39. The molecular formula is C22H31N5O2. The number of hydrogen-bond acceptors (Lipinski definition) is 6. The number of hydrogen-bond donors (Lipinski definition) is 0. The van der Waals surface area contributed by atoms with Crippen LogP contribution in [0.25, 0.3) is 0 Å². The second-order valence-corrected chi connectivity index (χ2v) is 8.39.